The van der Waals surface area contributed by atoms with Crippen LogP contribution in [0.25, 0.3) is 22.2 Å². The summed E-state index contributed by atoms with van der Waals surface area (Å²) in [7, 11) is 0. The molecule has 2 aromatic heterocycles. The highest BCUT2D eigenvalue weighted by Gasteiger charge is 2.10. The molecule has 0 radical (unpaired) electrons. The number of benzene rings is 1. The van der Waals surface area contributed by atoms with E-state index in [1.165, 1.54) is 0 Å². The fraction of sp³-hybridized carbons (Fsp3) is 0.0714. The van der Waals surface area contributed by atoms with Crippen LogP contribution >= 0.6 is 11.6 Å². The number of aromatic nitrogens is 3. The molecule has 0 spiro atoms. The Morgan fingerprint density at radius 2 is 1.67 bits per heavy atom. The summed E-state index contributed by atoms with van der Waals surface area (Å²) in [5, 5.41) is 10.4. The van der Waals surface area contributed by atoms with Gasteiger partial charge < -0.3 is 0 Å². The number of pyridine rings is 1. The maximum atomic E-state index is 6.05. The van der Waals surface area contributed by atoms with Gasteiger partial charge in [0, 0.05) is 16.5 Å². The first-order chi connectivity index (χ1) is 8.75. The summed E-state index contributed by atoms with van der Waals surface area (Å²) in [6.45, 7) is 1.95. The molecule has 0 aliphatic heterocycles. The first-order valence-corrected chi connectivity index (χ1v) is 5.98. The minimum atomic E-state index is 0.419. The van der Waals surface area contributed by atoms with E-state index in [1.54, 1.807) is 0 Å². The number of rotatable bonds is 1. The molecule has 4 heteroatoms. The number of nitrogens with zero attached hydrogens (tertiary/aromatic N) is 3. The van der Waals surface area contributed by atoms with Crippen LogP contribution in [0.4, 0.5) is 0 Å². The van der Waals surface area contributed by atoms with Gasteiger partial charge in [0.2, 0.25) is 0 Å². The zero-order valence-electron chi connectivity index (χ0n) is 9.76. The van der Waals surface area contributed by atoms with Crippen LogP contribution in [-0.2, 0) is 0 Å². The van der Waals surface area contributed by atoms with Crippen LogP contribution in [0, 0.1) is 6.92 Å². The highest BCUT2D eigenvalue weighted by Crippen LogP contribution is 2.28. The van der Waals surface area contributed by atoms with E-state index in [1.807, 2.05) is 49.4 Å². The van der Waals surface area contributed by atoms with E-state index in [0.717, 1.165) is 27.9 Å². The topological polar surface area (TPSA) is 38.7 Å². The van der Waals surface area contributed by atoms with Gasteiger partial charge in [0.25, 0.3) is 0 Å². The molecule has 18 heavy (non-hydrogen) atoms. The summed E-state index contributed by atoms with van der Waals surface area (Å²) >= 11 is 6.05. The van der Waals surface area contributed by atoms with Gasteiger partial charge in [0.15, 0.2) is 5.15 Å². The minimum absolute atomic E-state index is 0.419. The molecule has 88 valence electrons. The van der Waals surface area contributed by atoms with Gasteiger partial charge >= 0.3 is 0 Å². The Morgan fingerprint density at radius 3 is 2.44 bits per heavy atom. The molecule has 0 saturated carbocycles. The molecule has 1 aromatic carbocycles. The highest BCUT2D eigenvalue weighted by molar-refractivity contribution is 6.34. The Labute approximate surface area is 109 Å². The van der Waals surface area contributed by atoms with Crippen LogP contribution < -0.4 is 0 Å². The molecule has 0 bridgehead atoms. The Hall–Kier alpha value is -2.00. The van der Waals surface area contributed by atoms with Gasteiger partial charge in [-0.3, -0.25) is 4.98 Å². The van der Waals surface area contributed by atoms with Crippen molar-refractivity contribution in [1.29, 1.82) is 0 Å². The second-order valence-corrected chi connectivity index (χ2v) is 4.41. The molecular formula is C14H10ClN3. The number of hydrogen-bond donors (Lipinski definition) is 0. The van der Waals surface area contributed by atoms with Crippen LogP contribution in [-0.4, -0.2) is 15.2 Å². The molecule has 0 atom stereocenters. The molecule has 3 rings (SSSR count). The number of fused-ring (bicyclic) bond motifs is 1. The Balaban J connectivity index is 2.33. The molecule has 3 nitrogen and oxygen atoms in total. The van der Waals surface area contributed by atoms with Gasteiger partial charge in [-0.15, -0.1) is 10.2 Å². The molecule has 0 N–H and O–H groups in total. The monoisotopic (exact) mass is 255 g/mol. The van der Waals surface area contributed by atoms with Crippen molar-refractivity contribution in [2.45, 2.75) is 6.92 Å². The summed E-state index contributed by atoms with van der Waals surface area (Å²) in [5.41, 5.74) is 2.53. The smallest absolute Gasteiger partial charge is 0.159 e. The molecule has 3 aromatic rings. The van der Waals surface area contributed by atoms with Crippen LogP contribution in [0.2, 0.25) is 5.15 Å². The largest absolute Gasteiger partial charge is 0.251 e. The van der Waals surface area contributed by atoms with Gasteiger partial charge in [-0.1, -0.05) is 41.9 Å². The van der Waals surface area contributed by atoms with Gasteiger partial charge in [-0.05, 0) is 19.1 Å². The fourth-order valence-electron chi connectivity index (χ4n) is 1.94. The third kappa shape index (κ3) is 1.83. The zero-order valence-corrected chi connectivity index (χ0v) is 10.5. The molecule has 0 aliphatic carbocycles. The normalized spacial score (nSPS) is 10.8. The SMILES string of the molecule is Cc1cccc(-c2nnc(Cl)c3ccccc23)n1. The van der Waals surface area contributed by atoms with Crippen LogP contribution in [0.1, 0.15) is 5.69 Å². The Bertz CT molecular complexity index is 725. The molecule has 0 fully saturated rings. The summed E-state index contributed by atoms with van der Waals surface area (Å²) in [5.74, 6) is 0. The molecule has 2 heterocycles. The molecule has 0 aliphatic rings. The quantitative estimate of drug-likeness (QED) is 0.666. The van der Waals surface area contributed by atoms with Crippen molar-refractivity contribution < 1.29 is 0 Å². The third-order valence-corrected chi connectivity index (χ3v) is 3.05. The van der Waals surface area contributed by atoms with E-state index in [4.69, 9.17) is 11.6 Å². The van der Waals surface area contributed by atoms with E-state index >= 15 is 0 Å². The van der Waals surface area contributed by atoms with E-state index in [0.29, 0.717) is 5.15 Å². The summed E-state index contributed by atoms with van der Waals surface area (Å²) in [4.78, 5) is 4.48. The van der Waals surface area contributed by atoms with Crippen molar-refractivity contribution >= 4 is 22.4 Å². The second kappa shape index (κ2) is 4.35. The van der Waals surface area contributed by atoms with Gasteiger partial charge in [0.1, 0.15) is 5.69 Å². The summed E-state index contributed by atoms with van der Waals surface area (Å²) < 4.78 is 0. The maximum Gasteiger partial charge on any atom is 0.159 e. The number of hydrogen-bond acceptors (Lipinski definition) is 3. The molecule has 0 unspecified atom stereocenters. The zero-order chi connectivity index (χ0) is 12.5. The van der Waals surface area contributed by atoms with Crippen molar-refractivity contribution in [1.82, 2.24) is 15.2 Å². The third-order valence-electron chi connectivity index (χ3n) is 2.77. The first-order valence-electron chi connectivity index (χ1n) is 5.60. The van der Waals surface area contributed by atoms with Crippen molar-refractivity contribution in [3.8, 4) is 11.4 Å². The van der Waals surface area contributed by atoms with Gasteiger partial charge in [-0.25, -0.2) is 0 Å². The van der Waals surface area contributed by atoms with Gasteiger partial charge in [0.05, 0.1) is 5.69 Å². The average Bonchev–Trinajstić information content (AvgIpc) is 2.39. The average molecular weight is 256 g/mol. The van der Waals surface area contributed by atoms with E-state index in [-0.39, 0.29) is 0 Å². The van der Waals surface area contributed by atoms with E-state index in [9.17, 15) is 0 Å². The minimum Gasteiger partial charge on any atom is -0.251 e. The highest BCUT2D eigenvalue weighted by atomic mass is 35.5. The lowest BCUT2D eigenvalue weighted by Gasteiger charge is -2.05. The van der Waals surface area contributed by atoms with Crippen molar-refractivity contribution in [2.75, 3.05) is 0 Å². The lowest BCUT2D eigenvalue weighted by molar-refractivity contribution is 1.04. The predicted octanol–water partition coefficient (Wildman–Crippen LogP) is 3.65. The first kappa shape index (κ1) is 11.1. The predicted molar refractivity (Wildman–Crippen MR) is 72.5 cm³/mol. The molecule has 0 amide bonds. The number of aryl methyl sites for hydroxylation is 1. The summed E-state index contributed by atoms with van der Waals surface area (Å²) in [6, 6.07) is 13.7. The van der Waals surface area contributed by atoms with Gasteiger partial charge in [-0.2, -0.15) is 0 Å². The Kier molecular flexibility index (Phi) is 2.68. The van der Waals surface area contributed by atoms with Crippen molar-refractivity contribution in [3.05, 3.63) is 53.3 Å². The Morgan fingerprint density at radius 1 is 0.889 bits per heavy atom. The van der Waals surface area contributed by atoms with E-state index in [2.05, 4.69) is 15.2 Å². The lowest BCUT2D eigenvalue weighted by Crippen LogP contribution is -1.94. The lowest BCUT2D eigenvalue weighted by atomic mass is 10.1. The maximum absolute atomic E-state index is 6.05. The van der Waals surface area contributed by atoms with E-state index < -0.39 is 0 Å². The summed E-state index contributed by atoms with van der Waals surface area (Å²) in [6.07, 6.45) is 0. The second-order valence-electron chi connectivity index (χ2n) is 4.05. The van der Waals surface area contributed by atoms with Crippen molar-refractivity contribution in [2.24, 2.45) is 0 Å². The van der Waals surface area contributed by atoms with Crippen LogP contribution in [0.15, 0.2) is 42.5 Å². The van der Waals surface area contributed by atoms with Crippen molar-refractivity contribution in [3.63, 3.8) is 0 Å². The standard InChI is InChI=1S/C14H10ClN3/c1-9-5-4-8-12(16-9)13-10-6-2-3-7-11(10)14(15)18-17-13/h2-8H,1H3. The molecule has 0 saturated heterocycles. The van der Waals surface area contributed by atoms with Crippen LogP contribution in [0.3, 0.4) is 0 Å². The molecular weight excluding hydrogens is 246 g/mol. The fourth-order valence-corrected chi connectivity index (χ4v) is 2.14. The number of halogens is 1. The van der Waals surface area contributed by atoms with Crippen LogP contribution in [0.5, 0.6) is 0 Å².